The van der Waals surface area contributed by atoms with Crippen LogP contribution in [0.3, 0.4) is 0 Å². The fourth-order valence-electron chi connectivity index (χ4n) is 10.6. The van der Waals surface area contributed by atoms with Crippen molar-refractivity contribution in [2.24, 2.45) is 9.98 Å². The van der Waals surface area contributed by atoms with Gasteiger partial charge in [-0.2, -0.15) is 0 Å². The Hall–Kier alpha value is -10.4. The van der Waals surface area contributed by atoms with Crippen molar-refractivity contribution in [2.75, 3.05) is 29.1 Å². The van der Waals surface area contributed by atoms with Gasteiger partial charge in [-0.1, -0.05) is 240 Å². The van der Waals surface area contributed by atoms with E-state index in [4.69, 9.17) is 68.7 Å². The van der Waals surface area contributed by atoms with E-state index in [1.54, 1.807) is 0 Å². The minimum atomic E-state index is -0.279. The van der Waals surface area contributed by atoms with Gasteiger partial charge in [-0.15, -0.1) is 0 Å². The number of nitrogens with two attached hydrogens (primary N) is 1. The highest BCUT2D eigenvalue weighted by molar-refractivity contribution is 6.85. The molecule has 0 spiro atoms. The van der Waals surface area contributed by atoms with Gasteiger partial charge in [-0.25, -0.2) is 44.9 Å². The molecule has 8 heterocycles. The average Bonchev–Trinajstić information content (AvgIpc) is 1.68. The summed E-state index contributed by atoms with van der Waals surface area (Å²) in [6.45, 7) is 0.747. The molecule has 0 bridgehead atoms. The van der Waals surface area contributed by atoms with Gasteiger partial charge < -0.3 is 21.1 Å². The number of hydrogen-bond donors (Lipinski definition) is 3. The number of nitrogens with zero attached hydrogens (tertiary/aromatic N) is 13. The smallest absolute Gasteiger partial charge is 0.180 e. The first-order valence-corrected chi connectivity index (χ1v) is 31.2. The predicted octanol–water partition coefficient (Wildman–Crippen LogP) is 17.6. The molecule has 0 radical (unpaired) electrons. The molecule has 93 heavy (non-hydrogen) atoms. The molecule has 0 aliphatic carbocycles. The Labute approximate surface area is 558 Å². The number of para-hydroxylation sites is 10. The van der Waals surface area contributed by atoms with Crippen molar-refractivity contribution in [2.45, 2.75) is 12.1 Å². The van der Waals surface area contributed by atoms with E-state index < -0.39 is 0 Å². The first kappa shape index (κ1) is 61.4. The Morgan fingerprint density at radius 2 is 0.892 bits per heavy atom. The fraction of sp³-hybridized carbons (Fsp3) is 0.0556. The van der Waals surface area contributed by atoms with Crippen LogP contribution in [-0.2, 0) is 0 Å². The number of imidazole rings is 2. The summed E-state index contributed by atoms with van der Waals surface area (Å²) in [7, 11) is 0. The molecule has 2 atom stereocenters. The summed E-state index contributed by atoms with van der Waals surface area (Å²) in [5.41, 5.74) is 22.2. The summed E-state index contributed by atoms with van der Waals surface area (Å²) in [6, 6.07) is 78.7. The molecule has 2 aliphatic heterocycles. The van der Waals surface area contributed by atoms with Gasteiger partial charge in [0.1, 0.15) is 0 Å². The number of hydrogen-bond acceptors (Lipinski definition) is 14. The third-order valence-electron chi connectivity index (χ3n) is 15.1. The molecule has 17 rings (SSSR count). The molecule has 2 aliphatic rings. The van der Waals surface area contributed by atoms with Crippen molar-refractivity contribution in [3.8, 4) is 22.5 Å². The fourth-order valence-corrected chi connectivity index (χ4v) is 11.5. The summed E-state index contributed by atoms with van der Waals surface area (Å²) < 4.78 is 3.99. The van der Waals surface area contributed by atoms with Crippen LogP contribution in [0, 0.1) is 0 Å². The van der Waals surface area contributed by atoms with E-state index in [-0.39, 0.29) is 29.0 Å². The van der Waals surface area contributed by atoms with Crippen molar-refractivity contribution in [1.29, 1.82) is 0 Å². The zero-order valence-corrected chi connectivity index (χ0v) is 52.8. The van der Waals surface area contributed by atoms with E-state index in [2.05, 4.69) is 73.3 Å². The molecular weight excluding hydrogens is 1270 g/mol. The minimum Gasteiger partial charge on any atom is -0.394 e. The molecule has 16 nitrogen and oxygen atoms in total. The van der Waals surface area contributed by atoms with Crippen molar-refractivity contribution < 1.29 is 5.11 Å². The van der Waals surface area contributed by atoms with Gasteiger partial charge in [0.2, 0.25) is 0 Å². The Morgan fingerprint density at radius 3 is 1.46 bits per heavy atom. The van der Waals surface area contributed by atoms with E-state index in [9.17, 15) is 5.11 Å². The number of nitrogens with one attached hydrogen (secondary N) is 1. The molecule has 21 heteroatoms. The Kier molecular flexibility index (Phi) is 18.5. The second-order valence-corrected chi connectivity index (χ2v) is 22.9. The summed E-state index contributed by atoms with van der Waals surface area (Å²) in [5.74, 6) is 1.70. The number of nitrogen functional groups attached to an aromatic ring is 1. The molecular formula is C72H52Cl5N15O. The second kappa shape index (κ2) is 28.0. The van der Waals surface area contributed by atoms with E-state index in [0.29, 0.717) is 38.4 Å². The molecule has 4 N–H and O–H groups in total. The Morgan fingerprint density at radius 1 is 0.452 bits per heavy atom. The molecule has 0 fully saturated rings. The molecule has 9 aromatic carbocycles. The maximum Gasteiger partial charge on any atom is 0.180 e. The van der Waals surface area contributed by atoms with Gasteiger partial charge in [-0.05, 0) is 71.8 Å². The highest BCUT2D eigenvalue weighted by Crippen LogP contribution is 2.39. The number of aromatic nitrogens is 10. The number of halogens is 5. The van der Waals surface area contributed by atoms with Gasteiger partial charge in [0.15, 0.2) is 54.5 Å². The lowest BCUT2D eigenvalue weighted by Gasteiger charge is -2.25. The average molecular weight is 1320 g/mol. The van der Waals surface area contributed by atoms with Crippen LogP contribution >= 0.6 is 58.0 Å². The number of benzene rings is 9. The predicted molar refractivity (Wildman–Crippen MR) is 379 cm³/mol. The zero-order chi connectivity index (χ0) is 63.8. The van der Waals surface area contributed by atoms with Crippen LogP contribution in [0.4, 0.5) is 23.0 Å². The van der Waals surface area contributed by atoms with E-state index >= 15 is 0 Å². The monoisotopic (exact) mass is 1320 g/mol. The summed E-state index contributed by atoms with van der Waals surface area (Å²) in [6.07, 6.45) is 4.01. The van der Waals surface area contributed by atoms with Crippen LogP contribution in [0.2, 0.25) is 20.6 Å². The normalized spacial score (nSPS) is 13.3. The van der Waals surface area contributed by atoms with Gasteiger partial charge in [-0.3, -0.25) is 13.8 Å². The van der Waals surface area contributed by atoms with Crippen LogP contribution in [0.1, 0.15) is 23.2 Å². The SMILES string of the molecule is ClC1=Nc2ccccc2N2CC(c3ccccc3)N=C12.Clc1nc2ccccc2n2cc(-c3ccccc3)nc12.Clc1nc2ccccc2nc1Cl.Nc1nc2ccccc2n2cc(-c3ccccc3)nc12.OCC(Nc1nc2ccccc2nc1Cl)c1ccccc1. The van der Waals surface area contributed by atoms with Crippen LogP contribution < -0.4 is 16.0 Å². The molecule has 0 amide bonds. The van der Waals surface area contributed by atoms with Crippen LogP contribution in [0.25, 0.3) is 77.9 Å². The molecule has 2 unspecified atom stereocenters. The first-order valence-electron chi connectivity index (χ1n) is 29.3. The number of aliphatic hydroxyl groups is 1. The van der Waals surface area contributed by atoms with Crippen molar-refractivity contribution in [3.63, 3.8) is 0 Å². The highest BCUT2D eigenvalue weighted by Gasteiger charge is 2.33. The van der Waals surface area contributed by atoms with Crippen LogP contribution in [0.15, 0.2) is 265 Å². The summed E-state index contributed by atoms with van der Waals surface area (Å²) in [4.78, 5) is 46.2. The van der Waals surface area contributed by atoms with Crippen molar-refractivity contribution in [1.82, 2.24) is 48.7 Å². The van der Waals surface area contributed by atoms with Gasteiger partial charge >= 0.3 is 0 Å². The van der Waals surface area contributed by atoms with Gasteiger partial charge in [0, 0.05) is 23.5 Å². The van der Waals surface area contributed by atoms with Crippen LogP contribution in [-0.4, -0.2) is 77.9 Å². The van der Waals surface area contributed by atoms with Crippen LogP contribution in [0.5, 0.6) is 0 Å². The zero-order valence-electron chi connectivity index (χ0n) is 49.0. The number of aliphatic imine (C=N–C) groups is 2. The maximum atomic E-state index is 9.59. The van der Waals surface area contributed by atoms with Crippen molar-refractivity contribution >= 4 is 147 Å². The molecule has 0 saturated heterocycles. The lowest BCUT2D eigenvalue weighted by Crippen LogP contribution is -2.33. The molecule has 0 saturated carbocycles. The number of amidine groups is 1. The van der Waals surface area contributed by atoms with E-state index in [1.165, 1.54) is 5.56 Å². The first-order chi connectivity index (χ1) is 45.5. The molecule has 6 aromatic heterocycles. The lowest BCUT2D eigenvalue weighted by molar-refractivity contribution is 0.276. The summed E-state index contributed by atoms with van der Waals surface area (Å²) in [5, 5.41) is 14.4. The maximum absolute atomic E-state index is 9.59. The van der Waals surface area contributed by atoms with Gasteiger partial charge in [0.25, 0.3) is 0 Å². The van der Waals surface area contributed by atoms with E-state index in [0.717, 1.165) is 96.0 Å². The topological polar surface area (TPSA) is 198 Å². The number of aliphatic hydroxyl groups excluding tert-OH is 1. The highest BCUT2D eigenvalue weighted by atomic mass is 35.5. The standard InChI is InChI=1S/C16H14ClN3O.C16H12ClN3.C16H10ClN3.C16H12N4.C8H4Cl2N2/c17-15-16(19-13-9-5-4-8-12(13)18-15)20-14(10-21)11-6-2-1-3-7-11;3*17-15-16-19-13(11-6-2-1-3-7-11)10-20(16)14-9-5-4-8-12(14)18-15;9-7-8(10)12-6-4-2-1-3-5(6)11-7/h1-9,14,21H,10H2,(H,19,20);1-9,13H,10H2;1-10H;1-10H,(H2,17,18);1-4H. The molecule has 456 valence electrons. The largest absolute Gasteiger partial charge is 0.394 e. The minimum absolute atomic E-state index is 0.0607. The third-order valence-corrected chi connectivity index (χ3v) is 16.5. The lowest BCUT2D eigenvalue weighted by atomic mass is 10.1. The number of rotatable bonds is 7. The quantitative estimate of drug-likeness (QED) is 0.137. The number of anilines is 3. The Balaban J connectivity index is 0.000000107. The third kappa shape index (κ3) is 13.6. The number of fused-ring (bicyclic) bond motifs is 11. The molecule has 15 aromatic rings. The second-order valence-electron chi connectivity index (χ2n) is 21.1. The van der Waals surface area contributed by atoms with E-state index in [1.807, 2.05) is 246 Å². The van der Waals surface area contributed by atoms with Gasteiger partial charge in [0.05, 0.1) is 92.1 Å². The Bertz CT molecular complexity index is 5020. The summed E-state index contributed by atoms with van der Waals surface area (Å²) >= 11 is 30.1. The van der Waals surface area contributed by atoms with Crippen molar-refractivity contribution in [3.05, 3.63) is 287 Å².